The monoisotopic (exact) mass is 428 g/mol. The molecule has 1 amide bonds. The predicted octanol–water partition coefficient (Wildman–Crippen LogP) is 5.17. The van der Waals surface area contributed by atoms with Gasteiger partial charge in [-0.1, -0.05) is 37.6 Å². The Bertz CT molecular complexity index is 1280. The first-order chi connectivity index (χ1) is 15.0. The Kier molecular flexibility index (Phi) is 5.37. The molecule has 4 rings (SSSR count). The number of hydrogen-bond donors (Lipinski definition) is 1. The fourth-order valence-corrected chi connectivity index (χ4v) is 4.52. The summed E-state index contributed by atoms with van der Waals surface area (Å²) in [6.45, 7) is 9.86. The number of rotatable bonds is 3. The maximum Gasteiger partial charge on any atom is 0.268 e. The lowest BCUT2D eigenvalue weighted by atomic mass is 9.73. The lowest BCUT2D eigenvalue weighted by Crippen LogP contribution is -2.37. The van der Waals surface area contributed by atoms with Gasteiger partial charge in [0, 0.05) is 29.6 Å². The fourth-order valence-electron chi connectivity index (χ4n) is 4.52. The number of nitrogens with zero attached hydrogens (tertiary/aromatic N) is 1. The minimum atomic E-state index is -0.483. The second-order valence-electron chi connectivity index (χ2n) is 9.68. The average Bonchev–Trinajstić information content (AvgIpc) is 2.66. The van der Waals surface area contributed by atoms with Crippen LogP contribution >= 0.6 is 0 Å². The van der Waals surface area contributed by atoms with E-state index in [1.54, 1.807) is 6.20 Å². The number of carbonyl (C=O) groups is 2. The number of pyridine rings is 1. The van der Waals surface area contributed by atoms with Gasteiger partial charge in [0.15, 0.2) is 5.78 Å². The van der Waals surface area contributed by atoms with E-state index in [1.165, 1.54) is 4.57 Å². The Morgan fingerprint density at radius 1 is 0.906 bits per heavy atom. The zero-order valence-corrected chi connectivity index (χ0v) is 19.2. The van der Waals surface area contributed by atoms with Crippen LogP contribution < -0.4 is 10.9 Å². The molecule has 0 spiro atoms. The van der Waals surface area contributed by atoms with Crippen molar-refractivity contribution in [1.82, 2.24) is 4.57 Å². The van der Waals surface area contributed by atoms with Crippen molar-refractivity contribution in [3.8, 4) is 5.69 Å². The van der Waals surface area contributed by atoms with Gasteiger partial charge in [0.25, 0.3) is 11.5 Å². The molecule has 0 unspecified atom stereocenters. The van der Waals surface area contributed by atoms with Gasteiger partial charge in [-0.2, -0.15) is 0 Å². The summed E-state index contributed by atoms with van der Waals surface area (Å²) in [5, 5.41) is 2.90. The van der Waals surface area contributed by atoms with Crippen molar-refractivity contribution in [2.24, 2.45) is 5.41 Å². The molecule has 5 heteroatoms. The summed E-state index contributed by atoms with van der Waals surface area (Å²) in [5.41, 5.74) is 4.66. The summed E-state index contributed by atoms with van der Waals surface area (Å²) < 4.78 is 1.42. The number of aromatic nitrogens is 1. The van der Waals surface area contributed by atoms with Gasteiger partial charge in [-0.05, 0) is 73.6 Å². The first kappa shape index (κ1) is 21.8. The zero-order valence-electron chi connectivity index (χ0n) is 19.2. The second kappa shape index (κ2) is 7.90. The van der Waals surface area contributed by atoms with Crippen LogP contribution in [0.15, 0.2) is 53.5 Å². The highest BCUT2D eigenvalue weighted by atomic mass is 16.2. The number of Topliss-reactive ketones (excluding diaryl/α,β-unsaturated/α-hetero) is 1. The van der Waals surface area contributed by atoms with Crippen LogP contribution in [0, 0.1) is 26.2 Å². The first-order valence-electron chi connectivity index (χ1n) is 10.8. The number of ketones is 1. The van der Waals surface area contributed by atoms with E-state index in [4.69, 9.17) is 0 Å². The lowest BCUT2D eigenvalue weighted by molar-refractivity contribution is 0.0910. The summed E-state index contributed by atoms with van der Waals surface area (Å²) in [6.07, 6.45) is 2.48. The smallest absolute Gasteiger partial charge is 0.268 e. The number of anilines is 1. The Morgan fingerprint density at radius 2 is 1.53 bits per heavy atom. The molecule has 164 valence electrons. The highest BCUT2D eigenvalue weighted by Gasteiger charge is 2.36. The van der Waals surface area contributed by atoms with E-state index in [9.17, 15) is 14.4 Å². The standard InChI is InChI=1S/C27H28N2O3/c1-16-6-8-20(9-7-16)29-15-22-21(13-27(4,5)14-23(22)30)24(26(29)32)25(31)28-19-11-17(2)10-18(3)12-19/h6-12,15H,13-14H2,1-5H3,(H,28,31). The van der Waals surface area contributed by atoms with Crippen LogP contribution in [0.2, 0.25) is 0 Å². The number of amides is 1. The van der Waals surface area contributed by atoms with Crippen LogP contribution in [-0.2, 0) is 6.42 Å². The van der Waals surface area contributed by atoms with E-state index < -0.39 is 11.5 Å². The molecule has 1 aliphatic rings. The van der Waals surface area contributed by atoms with E-state index in [-0.39, 0.29) is 16.8 Å². The molecule has 1 aromatic heterocycles. The zero-order chi connectivity index (χ0) is 23.2. The SMILES string of the molecule is Cc1ccc(-n2cc3c(c(C(=O)Nc4cc(C)cc(C)c4)c2=O)CC(C)(C)CC3=O)cc1. The van der Waals surface area contributed by atoms with Crippen molar-refractivity contribution in [2.75, 3.05) is 5.32 Å². The number of nitrogens with one attached hydrogen (secondary N) is 1. The molecule has 2 aromatic carbocycles. The molecule has 0 atom stereocenters. The van der Waals surface area contributed by atoms with Crippen molar-refractivity contribution >= 4 is 17.4 Å². The number of benzene rings is 2. The van der Waals surface area contributed by atoms with E-state index in [0.29, 0.717) is 35.3 Å². The van der Waals surface area contributed by atoms with Crippen LogP contribution in [0.25, 0.3) is 5.69 Å². The molecule has 5 nitrogen and oxygen atoms in total. The van der Waals surface area contributed by atoms with Crippen molar-refractivity contribution in [3.63, 3.8) is 0 Å². The van der Waals surface area contributed by atoms with E-state index in [0.717, 1.165) is 16.7 Å². The molecule has 0 bridgehead atoms. The average molecular weight is 429 g/mol. The van der Waals surface area contributed by atoms with Crippen LogP contribution in [0.5, 0.6) is 0 Å². The molecule has 1 heterocycles. The Morgan fingerprint density at radius 3 is 2.16 bits per heavy atom. The summed E-state index contributed by atoms with van der Waals surface area (Å²) in [5.74, 6) is -0.527. The Balaban J connectivity index is 1.91. The van der Waals surface area contributed by atoms with Gasteiger partial charge in [0.05, 0.1) is 0 Å². The molecule has 1 aliphatic carbocycles. The molecular weight excluding hydrogens is 400 g/mol. The molecule has 32 heavy (non-hydrogen) atoms. The van der Waals surface area contributed by atoms with Crippen LogP contribution in [0.4, 0.5) is 5.69 Å². The quantitative estimate of drug-likeness (QED) is 0.626. The van der Waals surface area contributed by atoms with Gasteiger partial charge in [-0.25, -0.2) is 0 Å². The molecular formula is C27H28N2O3. The van der Waals surface area contributed by atoms with Crippen LogP contribution in [0.1, 0.15) is 63.2 Å². The minimum absolute atomic E-state index is 0.0439. The predicted molar refractivity (Wildman–Crippen MR) is 127 cm³/mol. The maximum atomic E-state index is 13.6. The summed E-state index contributed by atoms with van der Waals surface area (Å²) in [4.78, 5) is 40.1. The Hall–Kier alpha value is -3.47. The van der Waals surface area contributed by atoms with Gasteiger partial charge < -0.3 is 5.32 Å². The molecule has 3 aromatic rings. The fraction of sp³-hybridized carbons (Fsp3) is 0.296. The van der Waals surface area contributed by atoms with Gasteiger partial charge in [0.2, 0.25) is 0 Å². The van der Waals surface area contributed by atoms with E-state index in [1.807, 2.05) is 77.1 Å². The highest BCUT2D eigenvalue weighted by molar-refractivity contribution is 6.08. The summed E-state index contributed by atoms with van der Waals surface area (Å²) in [6, 6.07) is 13.2. The molecule has 0 radical (unpaired) electrons. The van der Waals surface area contributed by atoms with Crippen molar-refractivity contribution in [1.29, 1.82) is 0 Å². The minimum Gasteiger partial charge on any atom is -0.322 e. The number of aryl methyl sites for hydroxylation is 3. The topological polar surface area (TPSA) is 68.2 Å². The maximum absolute atomic E-state index is 13.6. The van der Waals surface area contributed by atoms with E-state index in [2.05, 4.69) is 5.32 Å². The van der Waals surface area contributed by atoms with Gasteiger partial charge in [-0.3, -0.25) is 19.0 Å². The number of fused-ring (bicyclic) bond motifs is 1. The van der Waals surface area contributed by atoms with Crippen LogP contribution in [0.3, 0.4) is 0 Å². The van der Waals surface area contributed by atoms with Crippen molar-refractivity contribution in [2.45, 2.75) is 47.5 Å². The molecule has 0 saturated heterocycles. The first-order valence-corrected chi connectivity index (χ1v) is 10.8. The van der Waals surface area contributed by atoms with Crippen LogP contribution in [-0.4, -0.2) is 16.3 Å². The molecule has 1 N–H and O–H groups in total. The van der Waals surface area contributed by atoms with Gasteiger partial charge >= 0.3 is 0 Å². The largest absolute Gasteiger partial charge is 0.322 e. The van der Waals surface area contributed by atoms with Crippen molar-refractivity contribution < 1.29 is 9.59 Å². The third-order valence-electron chi connectivity index (χ3n) is 5.93. The number of carbonyl (C=O) groups excluding carboxylic acids is 2. The second-order valence-corrected chi connectivity index (χ2v) is 9.68. The molecule has 0 aliphatic heterocycles. The lowest BCUT2D eigenvalue weighted by Gasteiger charge is -2.31. The highest BCUT2D eigenvalue weighted by Crippen LogP contribution is 2.36. The molecule has 0 saturated carbocycles. The summed E-state index contributed by atoms with van der Waals surface area (Å²) in [7, 11) is 0. The van der Waals surface area contributed by atoms with Gasteiger partial charge in [-0.15, -0.1) is 0 Å². The third-order valence-corrected chi connectivity index (χ3v) is 5.93. The normalized spacial score (nSPS) is 14.7. The summed E-state index contributed by atoms with van der Waals surface area (Å²) >= 11 is 0. The number of hydrogen-bond acceptors (Lipinski definition) is 3. The van der Waals surface area contributed by atoms with Gasteiger partial charge in [0.1, 0.15) is 5.56 Å². The third kappa shape index (κ3) is 4.15. The molecule has 0 fully saturated rings. The van der Waals surface area contributed by atoms with E-state index >= 15 is 0 Å². The van der Waals surface area contributed by atoms with Crippen molar-refractivity contribution in [3.05, 3.63) is 92.4 Å². The Labute approximate surface area is 188 Å².